The zero-order valence-electron chi connectivity index (χ0n) is 10.9. The van der Waals surface area contributed by atoms with Gasteiger partial charge in [0.15, 0.2) is 0 Å². The van der Waals surface area contributed by atoms with Crippen LogP contribution in [-0.4, -0.2) is 40.1 Å². The lowest BCUT2D eigenvalue weighted by Crippen LogP contribution is -2.40. The fourth-order valence-corrected chi connectivity index (χ4v) is 2.18. The summed E-state index contributed by atoms with van der Waals surface area (Å²) in [6.07, 6.45) is -3.95. The summed E-state index contributed by atoms with van der Waals surface area (Å²) in [5, 5.41) is 9.38. The van der Waals surface area contributed by atoms with Crippen molar-refractivity contribution in [3.05, 3.63) is 29.1 Å². The summed E-state index contributed by atoms with van der Waals surface area (Å²) in [4.78, 5) is 17.2. The van der Waals surface area contributed by atoms with Crippen LogP contribution in [0.3, 0.4) is 0 Å². The number of halogens is 3. The Morgan fingerprint density at radius 1 is 1.35 bits per heavy atom. The van der Waals surface area contributed by atoms with E-state index < -0.39 is 18.0 Å². The molecule has 0 spiro atoms. The number of amides is 1. The molecule has 1 saturated heterocycles. The molecule has 1 aromatic heterocycles. The Morgan fingerprint density at radius 2 is 1.95 bits per heavy atom. The summed E-state index contributed by atoms with van der Waals surface area (Å²) < 4.78 is 37.5. The van der Waals surface area contributed by atoms with Crippen molar-refractivity contribution in [1.82, 2.24) is 9.88 Å². The molecule has 1 aromatic rings. The van der Waals surface area contributed by atoms with Gasteiger partial charge >= 0.3 is 6.18 Å². The minimum absolute atomic E-state index is 0.0657. The molecule has 4 nitrogen and oxygen atoms in total. The average molecular weight is 288 g/mol. The Morgan fingerprint density at radius 3 is 2.45 bits per heavy atom. The molecule has 2 heterocycles. The van der Waals surface area contributed by atoms with E-state index in [4.69, 9.17) is 0 Å². The lowest BCUT2D eigenvalue weighted by molar-refractivity contribution is -0.141. The first-order chi connectivity index (χ1) is 9.29. The maximum Gasteiger partial charge on any atom is 0.433 e. The first kappa shape index (κ1) is 14.8. The Labute approximate surface area is 114 Å². The normalized spacial score (nSPS) is 17.4. The highest BCUT2D eigenvalue weighted by Crippen LogP contribution is 2.28. The van der Waals surface area contributed by atoms with Gasteiger partial charge in [0.2, 0.25) is 0 Å². The van der Waals surface area contributed by atoms with Gasteiger partial charge in [-0.25, -0.2) is 4.98 Å². The van der Waals surface area contributed by atoms with Crippen LogP contribution in [0.4, 0.5) is 13.2 Å². The van der Waals surface area contributed by atoms with Gasteiger partial charge in [0.1, 0.15) is 5.69 Å². The van der Waals surface area contributed by atoms with Gasteiger partial charge in [-0.05, 0) is 31.9 Å². The molecule has 110 valence electrons. The zero-order valence-corrected chi connectivity index (χ0v) is 10.9. The SMILES string of the molecule is Cc1nc(C(F)(F)F)ccc1C(=O)N1CCC(O)CC1. The van der Waals surface area contributed by atoms with Gasteiger partial charge in [0.05, 0.1) is 17.4 Å². The molecule has 7 heteroatoms. The van der Waals surface area contributed by atoms with Gasteiger partial charge in [-0.1, -0.05) is 0 Å². The van der Waals surface area contributed by atoms with Crippen molar-refractivity contribution >= 4 is 5.91 Å². The summed E-state index contributed by atoms with van der Waals surface area (Å²) in [7, 11) is 0. The molecule has 0 radical (unpaired) electrons. The fourth-order valence-electron chi connectivity index (χ4n) is 2.18. The summed E-state index contributed by atoms with van der Waals surface area (Å²) in [5.41, 5.74) is -0.758. The Balaban J connectivity index is 2.19. The minimum Gasteiger partial charge on any atom is -0.393 e. The van der Waals surface area contributed by atoms with Crippen molar-refractivity contribution in [1.29, 1.82) is 0 Å². The maximum atomic E-state index is 12.5. The van der Waals surface area contributed by atoms with Crippen molar-refractivity contribution < 1.29 is 23.1 Å². The standard InChI is InChI=1S/C13H15F3N2O2/c1-8-10(2-3-11(17-8)13(14,15)16)12(20)18-6-4-9(19)5-7-18/h2-3,9,19H,4-7H2,1H3. The number of carbonyl (C=O) groups excluding carboxylic acids is 1. The van der Waals surface area contributed by atoms with E-state index in [0.29, 0.717) is 25.9 Å². The molecule has 2 rings (SSSR count). The lowest BCUT2D eigenvalue weighted by Gasteiger charge is -2.30. The average Bonchev–Trinajstić information content (AvgIpc) is 2.37. The van der Waals surface area contributed by atoms with Crippen LogP contribution in [0.15, 0.2) is 12.1 Å². The summed E-state index contributed by atoms with van der Waals surface area (Å²) in [6.45, 7) is 2.20. The topological polar surface area (TPSA) is 53.4 Å². The van der Waals surface area contributed by atoms with Gasteiger partial charge in [-0.2, -0.15) is 13.2 Å². The van der Waals surface area contributed by atoms with Crippen LogP contribution in [0.1, 0.15) is 34.6 Å². The number of hydrogen-bond donors (Lipinski definition) is 1. The van der Waals surface area contributed by atoms with E-state index in [1.165, 1.54) is 17.9 Å². The number of aliphatic hydroxyl groups excluding tert-OH is 1. The van der Waals surface area contributed by atoms with Crippen molar-refractivity contribution in [2.75, 3.05) is 13.1 Å². The Hall–Kier alpha value is -1.63. The van der Waals surface area contributed by atoms with Crippen molar-refractivity contribution in [3.8, 4) is 0 Å². The van der Waals surface area contributed by atoms with Crippen LogP contribution >= 0.6 is 0 Å². The van der Waals surface area contributed by atoms with E-state index in [1.807, 2.05) is 0 Å². The van der Waals surface area contributed by atoms with Gasteiger partial charge in [-0.3, -0.25) is 4.79 Å². The van der Waals surface area contributed by atoms with E-state index in [2.05, 4.69) is 4.98 Å². The predicted octanol–water partition coefficient (Wildman–Crippen LogP) is 2.01. The van der Waals surface area contributed by atoms with E-state index >= 15 is 0 Å². The summed E-state index contributed by atoms with van der Waals surface area (Å²) in [5.74, 6) is -0.337. The van der Waals surface area contributed by atoms with Crippen LogP contribution in [-0.2, 0) is 6.18 Å². The van der Waals surface area contributed by atoms with Gasteiger partial charge < -0.3 is 10.0 Å². The largest absolute Gasteiger partial charge is 0.433 e. The first-order valence-electron chi connectivity index (χ1n) is 6.31. The molecule has 0 aromatic carbocycles. The van der Waals surface area contributed by atoms with Gasteiger partial charge in [0.25, 0.3) is 5.91 Å². The molecule has 20 heavy (non-hydrogen) atoms. The van der Waals surface area contributed by atoms with Crippen molar-refractivity contribution in [2.45, 2.75) is 32.0 Å². The number of pyridine rings is 1. The number of carbonyl (C=O) groups is 1. The first-order valence-corrected chi connectivity index (χ1v) is 6.31. The number of likely N-dealkylation sites (tertiary alicyclic amines) is 1. The summed E-state index contributed by atoms with van der Waals surface area (Å²) in [6, 6.07) is 1.98. The Bertz CT molecular complexity index is 509. The second-order valence-corrected chi connectivity index (χ2v) is 4.85. The number of aryl methyl sites for hydroxylation is 1. The van der Waals surface area contributed by atoms with Crippen LogP contribution < -0.4 is 0 Å². The molecular formula is C13H15F3N2O2. The molecule has 1 aliphatic heterocycles. The highest BCUT2D eigenvalue weighted by molar-refractivity contribution is 5.95. The van der Waals surface area contributed by atoms with E-state index in [-0.39, 0.29) is 17.2 Å². The summed E-state index contributed by atoms with van der Waals surface area (Å²) >= 11 is 0. The van der Waals surface area contributed by atoms with Gasteiger partial charge in [-0.15, -0.1) is 0 Å². The van der Waals surface area contributed by atoms with E-state index in [1.54, 1.807) is 0 Å². The van der Waals surface area contributed by atoms with Crippen LogP contribution in [0.5, 0.6) is 0 Å². The number of alkyl halides is 3. The third-order valence-electron chi connectivity index (χ3n) is 3.36. The number of aliphatic hydroxyl groups is 1. The lowest BCUT2D eigenvalue weighted by atomic mass is 10.1. The van der Waals surface area contributed by atoms with E-state index in [9.17, 15) is 23.1 Å². The predicted molar refractivity (Wildman–Crippen MR) is 65.1 cm³/mol. The molecule has 0 atom stereocenters. The number of piperidine rings is 1. The van der Waals surface area contributed by atoms with Crippen LogP contribution in [0.2, 0.25) is 0 Å². The molecular weight excluding hydrogens is 273 g/mol. The quantitative estimate of drug-likeness (QED) is 0.860. The zero-order chi connectivity index (χ0) is 14.9. The fraction of sp³-hybridized carbons (Fsp3) is 0.538. The highest BCUT2D eigenvalue weighted by Gasteiger charge is 2.33. The minimum atomic E-state index is -4.51. The van der Waals surface area contributed by atoms with E-state index in [0.717, 1.165) is 6.07 Å². The molecule has 1 fully saturated rings. The number of hydrogen-bond acceptors (Lipinski definition) is 3. The smallest absolute Gasteiger partial charge is 0.393 e. The third-order valence-corrected chi connectivity index (χ3v) is 3.36. The monoisotopic (exact) mass is 288 g/mol. The molecule has 1 amide bonds. The van der Waals surface area contributed by atoms with Crippen molar-refractivity contribution in [2.24, 2.45) is 0 Å². The number of rotatable bonds is 1. The highest BCUT2D eigenvalue weighted by atomic mass is 19.4. The Kier molecular flexibility index (Phi) is 3.99. The molecule has 0 unspecified atom stereocenters. The third kappa shape index (κ3) is 3.09. The van der Waals surface area contributed by atoms with Crippen molar-refractivity contribution in [3.63, 3.8) is 0 Å². The number of aromatic nitrogens is 1. The molecule has 1 aliphatic rings. The van der Waals surface area contributed by atoms with Crippen LogP contribution in [0.25, 0.3) is 0 Å². The second kappa shape index (κ2) is 5.40. The van der Waals surface area contributed by atoms with Gasteiger partial charge in [0, 0.05) is 13.1 Å². The second-order valence-electron chi connectivity index (χ2n) is 4.85. The number of nitrogens with zero attached hydrogens (tertiary/aromatic N) is 2. The maximum absolute atomic E-state index is 12.5. The molecule has 0 aliphatic carbocycles. The molecule has 1 N–H and O–H groups in total. The molecule has 0 bridgehead atoms. The van der Waals surface area contributed by atoms with Crippen LogP contribution in [0, 0.1) is 6.92 Å². The molecule has 0 saturated carbocycles.